The Labute approximate surface area is 175 Å². The fourth-order valence-electron chi connectivity index (χ4n) is 3.25. The Morgan fingerprint density at radius 3 is 2.45 bits per heavy atom. The van der Waals surface area contributed by atoms with Gasteiger partial charge in [0.2, 0.25) is 0 Å². The van der Waals surface area contributed by atoms with Crippen LogP contribution in [0.25, 0.3) is 22.3 Å². The summed E-state index contributed by atoms with van der Waals surface area (Å²) in [4.78, 5) is 16.9. The summed E-state index contributed by atoms with van der Waals surface area (Å²) >= 11 is 0. The number of alkyl halides is 3. The molecular formula is C22H17F3N4O2. The van der Waals surface area contributed by atoms with Gasteiger partial charge in [0.15, 0.2) is 0 Å². The van der Waals surface area contributed by atoms with E-state index >= 15 is 0 Å². The molecule has 0 bridgehead atoms. The summed E-state index contributed by atoms with van der Waals surface area (Å²) in [5.41, 5.74) is 3.24. The van der Waals surface area contributed by atoms with Crippen molar-refractivity contribution in [3.05, 3.63) is 72.9 Å². The average Bonchev–Trinajstić information content (AvgIpc) is 3.05. The van der Waals surface area contributed by atoms with Crippen LogP contribution < -0.4 is 15.4 Å². The van der Waals surface area contributed by atoms with Crippen molar-refractivity contribution in [1.82, 2.24) is 9.55 Å². The van der Waals surface area contributed by atoms with Crippen molar-refractivity contribution >= 4 is 28.3 Å². The van der Waals surface area contributed by atoms with Gasteiger partial charge < -0.3 is 19.9 Å². The van der Waals surface area contributed by atoms with Crippen LogP contribution in [0.3, 0.4) is 0 Å². The topological polar surface area (TPSA) is 68.2 Å². The number of hydrogen-bond acceptors (Lipinski definition) is 3. The van der Waals surface area contributed by atoms with Crippen LogP contribution in [0.15, 0.2) is 72.9 Å². The molecule has 4 rings (SSSR count). The van der Waals surface area contributed by atoms with E-state index in [9.17, 15) is 18.0 Å². The summed E-state index contributed by atoms with van der Waals surface area (Å²) in [6.07, 6.45) is -3.14. The van der Waals surface area contributed by atoms with Crippen molar-refractivity contribution in [3.8, 4) is 17.1 Å². The lowest BCUT2D eigenvalue weighted by Gasteiger charge is -2.13. The van der Waals surface area contributed by atoms with Crippen LogP contribution in [-0.2, 0) is 7.05 Å². The number of aromatic nitrogens is 2. The normalized spacial score (nSPS) is 11.4. The molecule has 6 nitrogen and oxygen atoms in total. The molecule has 0 spiro atoms. The molecule has 0 saturated carbocycles. The number of urea groups is 1. The average molecular weight is 426 g/mol. The molecule has 158 valence electrons. The number of nitrogens with zero attached hydrogens (tertiary/aromatic N) is 2. The Morgan fingerprint density at radius 2 is 1.74 bits per heavy atom. The van der Waals surface area contributed by atoms with Crippen molar-refractivity contribution < 1.29 is 22.7 Å². The molecular weight excluding hydrogens is 409 g/mol. The van der Waals surface area contributed by atoms with Gasteiger partial charge in [-0.3, -0.25) is 4.98 Å². The number of carbonyl (C=O) groups is 1. The second-order valence-corrected chi connectivity index (χ2v) is 6.70. The number of fused-ring (bicyclic) bond motifs is 1. The van der Waals surface area contributed by atoms with Crippen LogP contribution in [-0.4, -0.2) is 21.9 Å². The molecule has 0 fully saturated rings. The highest BCUT2D eigenvalue weighted by Gasteiger charge is 2.31. The molecule has 0 unspecified atom stereocenters. The molecule has 0 saturated heterocycles. The fraction of sp³-hybridized carbons (Fsp3) is 0.0909. The lowest BCUT2D eigenvalue weighted by molar-refractivity contribution is -0.274. The van der Waals surface area contributed by atoms with Crippen molar-refractivity contribution in [1.29, 1.82) is 0 Å². The quantitative estimate of drug-likeness (QED) is 0.435. The maximum Gasteiger partial charge on any atom is 0.573 e. The number of halogens is 3. The molecule has 2 N–H and O–H groups in total. The van der Waals surface area contributed by atoms with Crippen molar-refractivity contribution in [3.63, 3.8) is 0 Å². The number of ether oxygens (including phenoxy) is 1. The van der Waals surface area contributed by atoms with E-state index in [0.717, 1.165) is 28.7 Å². The van der Waals surface area contributed by atoms with Gasteiger partial charge in [-0.1, -0.05) is 18.2 Å². The van der Waals surface area contributed by atoms with Crippen LogP contribution in [0.4, 0.5) is 29.3 Å². The first kappa shape index (κ1) is 20.3. The second kappa shape index (κ2) is 8.02. The van der Waals surface area contributed by atoms with Gasteiger partial charge in [-0.05, 0) is 48.5 Å². The summed E-state index contributed by atoms with van der Waals surface area (Å²) in [6, 6.07) is 17.6. The van der Waals surface area contributed by atoms with E-state index in [-0.39, 0.29) is 5.75 Å². The number of benzene rings is 2. The van der Waals surface area contributed by atoms with Gasteiger partial charge in [0.1, 0.15) is 11.4 Å². The Morgan fingerprint density at radius 1 is 1.00 bits per heavy atom. The first-order chi connectivity index (χ1) is 14.8. The summed E-state index contributed by atoms with van der Waals surface area (Å²) in [7, 11) is 1.92. The van der Waals surface area contributed by atoms with Gasteiger partial charge in [-0.2, -0.15) is 0 Å². The van der Waals surface area contributed by atoms with E-state index in [1.165, 1.54) is 12.1 Å². The van der Waals surface area contributed by atoms with E-state index < -0.39 is 12.4 Å². The SMILES string of the molecule is Cn1c(-c2ncccc2NC(=O)Nc2ccc(OC(F)(F)F)cc2)cc2ccccc21. The third-order valence-corrected chi connectivity index (χ3v) is 4.60. The highest BCUT2D eigenvalue weighted by atomic mass is 19.4. The van der Waals surface area contributed by atoms with Gasteiger partial charge in [0.25, 0.3) is 0 Å². The highest BCUT2D eigenvalue weighted by Crippen LogP contribution is 2.30. The van der Waals surface area contributed by atoms with Crippen LogP contribution in [0, 0.1) is 0 Å². The van der Waals surface area contributed by atoms with Crippen LogP contribution in [0.2, 0.25) is 0 Å². The van der Waals surface area contributed by atoms with Crippen LogP contribution >= 0.6 is 0 Å². The molecule has 31 heavy (non-hydrogen) atoms. The Hall–Kier alpha value is -4.01. The number of amides is 2. The predicted octanol–water partition coefficient (Wildman–Crippen LogP) is 5.78. The highest BCUT2D eigenvalue weighted by molar-refractivity contribution is 6.02. The van der Waals surface area contributed by atoms with Gasteiger partial charge >= 0.3 is 12.4 Å². The van der Waals surface area contributed by atoms with E-state index in [1.54, 1.807) is 18.3 Å². The molecule has 2 aromatic heterocycles. The smallest absolute Gasteiger partial charge is 0.406 e. The maximum atomic E-state index is 12.5. The monoisotopic (exact) mass is 426 g/mol. The predicted molar refractivity (Wildman–Crippen MR) is 112 cm³/mol. The van der Waals surface area contributed by atoms with Crippen LogP contribution in [0.1, 0.15) is 0 Å². The number of pyridine rings is 1. The molecule has 0 aliphatic rings. The largest absolute Gasteiger partial charge is 0.573 e. The third kappa shape index (κ3) is 4.61. The number of hydrogen-bond donors (Lipinski definition) is 2. The number of nitrogens with one attached hydrogen (secondary N) is 2. The summed E-state index contributed by atoms with van der Waals surface area (Å²) in [6.45, 7) is 0. The minimum Gasteiger partial charge on any atom is -0.406 e. The number of carbonyl (C=O) groups excluding carboxylic acids is 1. The minimum atomic E-state index is -4.77. The first-order valence-electron chi connectivity index (χ1n) is 9.24. The van der Waals surface area contributed by atoms with E-state index in [4.69, 9.17) is 0 Å². The molecule has 0 aliphatic heterocycles. The maximum absolute atomic E-state index is 12.5. The molecule has 9 heteroatoms. The van der Waals surface area contributed by atoms with Crippen molar-refractivity contribution in [2.24, 2.45) is 7.05 Å². The third-order valence-electron chi connectivity index (χ3n) is 4.60. The Bertz CT molecular complexity index is 1230. The summed E-state index contributed by atoms with van der Waals surface area (Å²) in [5.74, 6) is -0.372. The lowest BCUT2D eigenvalue weighted by Crippen LogP contribution is -2.20. The van der Waals surface area contributed by atoms with E-state index in [2.05, 4.69) is 20.4 Å². The van der Waals surface area contributed by atoms with E-state index in [1.807, 2.05) is 41.9 Å². The molecule has 0 radical (unpaired) electrons. The van der Waals surface area contributed by atoms with Crippen molar-refractivity contribution in [2.45, 2.75) is 6.36 Å². The van der Waals surface area contributed by atoms with Gasteiger partial charge in [-0.25, -0.2) is 4.79 Å². The van der Waals surface area contributed by atoms with Gasteiger partial charge in [0, 0.05) is 29.8 Å². The fourth-order valence-corrected chi connectivity index (χ4v) is 3.25. The first-order valence-corrected chi connectivity index (χ1v) is 9.24. The number of anilines is 2. The van der Waals surface area contributed by atoms with E-state index in [0.29, 0.717) is 17.1 Å². The molecule has 2 amide bonds. The number of para-hydroxylation sites is 1. The minimum absolute atomic E-state index is 0.307. The van der Waals surface area contributed by atoms with Gasteiger partial charge in [0.05, 0.1) is 11.4 Å². The molecule has 0 aliphatic carbocycles. The lowest BCUT2D eigenvalue weighted by atomic mass is 10.2. The second-order valence-electron chi connectivity index (χ2n) is 6.70. The van der Waals surface area contributed by atoms with Gasteiger partial charge in [-0.15, -0.1) is 13.2 Å². The zero-order valence-electron chi connectivity index (χ0n) is 16.3. The Kier molecular flexibility index (Phi) is 5.24. The standard InChI is InChI=1S/C22H17F3N4O2/c1-29-18-7-3-2-5-14(18)13-19(29)20-17(6-4-12-26-20)28-21(30)27-15-8-10-16(11-9-15)31-22(23,24)25/h2-13H,1H3,(H2,27,28,30). The summed E-state index contributed by atoms with van der Waals surface area (Å²) in [5, 5.41) is 6.37. The zero-order chi connectivity index (χ0) is 22.0. The summed E-state index contributed by atoms with van der Waals surface area (Å²) < 4.78 is 42.6. The number of aryl methyl sites for hydroxylation is 1. The molecule has 4 aromatic rings. The van der Waals surface area contributed by atoms with Crippen LogP contribution in [0.5, 0.6) is 5.75 Å². The zero-order valence-corrected chi connectivity index (χ0v) is 16.3. The molecule has 2 aromatic carbocycles. The molecule has 0 atom stereocenters. The number of rotatable bonds is 4. The molecule has 2 heterocycles. The Balaban J connectivity index is 1.52. The van der Waals surface area contributed by atoms with Crippen molar-refractivity contribution in [2.75, 3.05) is 10.6 Å².